The second-order valence-electron chi connectivity index (χ2n) is 3.74. The molecular formula is C9H13ClN4O2S. The average molecular weight is 277 g/mol. The van der Waals surface area contributed by atoms with E-state index in [-0.39, 0.29) is 21.9 Å². The number of carbonyl (C=O) groups is 2. The fourth-order valence-corrected chi connectivity index (χ4v) is 1.66. The van der Waals surface area contributed by atoms with Crippen LogP contribution in [0.15, 0.2) is 0 Å². The summed E-state index contributed by atoms with van der Waals surface area (Å²) in [5, 5.41) is 12.3. The van der Waals surface area contributed by atoms with Gasteiger partial charge in [-0.15, -0.1) is 10.2 Å². The molecule has 0 unspecified atom stereocenters. The van der Waals surface area contributed by atoms with Gasteiger partial charge in [0, 0.05) is 6.54 Å². The number of nitrogens with one attached hydrogen (secondary N) is 2. The zero-order valence-electron chi connectivity index (χ0n) is 9.49. The molecule has 0 saturated carbocycles. The van der Waals surface area contributed by atoms with Gasteiger partial charge in [0.2, 0.25) is 15.4 Å². The van der Waals surface area contributed by atoms with Crippen molar-refractivity contribution >= 4 is 34.8 Å². The molecular weight excluding hydrogens is 264 g/mol. The third-order valence-electron chi connectivity index (χ3n) is 1.71. The summed E-state index contributed by atoms with van der Waals surface area (Å²) in [7, 11) is 0. The molecule has 6 nitrogen and oxygen atoms in total. The molecule has 0 saturated heterocycles. The van der Waals surface area contributed by atoms with E-state index < -0.39 is 5.91 Å². The lowest BCUT2D eigenvalue weighted by Crippen LogP contribution is -2.38. The molecule has 0 atom stereocenters. The van der Waals surface area contributed by atoms with Gasteiger partial charge in [-0.1, -0.05) is 25.2 Å². The molecule has 1 rings (SSSR count). The lowest BCUT2D eigenvalue weighted by atomic mass is 10.2. The van der Waals surface area contributed by atoms with Crippen LogP contribution in [0.1, 0.15) is 23.6 Å². The maximum atomic E-state index is 11.5. The van der Waals surface area contributed by atoms with Crippen molar-refractivity contribution in [2.45, 2.75) is 13.8 Å². The summed E-state index contributed by atoms with van der Waals surface area (Å²) in [6.07, 6.45) is 0. The molecule has 0 spiro atoms. The Morgan fingerprint density at radius 1 is 1.35 bits per heavy atom. The second-order valence-corrected chi connectivity index (χ2v) is 5.30. The molecule has 0 aliphatic heterocycles. The van der Waals surface area contributed by atoms with Crippen LogP contribution >= 0.6 is 22.9 Å². The van der Waals surface area contributed by atoms with Gasteiger partial charge in [0.15, 0.2) is 0 Å². The monoisotopic (exact) mass is 276 g/mol. The zero-order chi connectivity index (χ0) is 12.8. The van der Waals surface area contributed by atoms with Gasteiger partial charge in [-0.3, -0.25) is 9.59 Å². The van der Waals surface area contributed by atoms with Gasteiger partial charge in [0.25, 0.3) is 5.91 Å². The molecule has 0 radical (unpaired) electrons. The summed E-state index contributed by atoms with van der Waals surface area (Å²) in [5.74, 6) is -0.312. The van der Waals surface area contributed by atoms with Crippen molar-refractivity contribution in [3.63, 3.8) is 0 Å². The summed E-state index contributed by atoms with van der Waals surface area (Å²) >= 11 is 6.50. The molecule has 0 aromatic carbocycles. The molecule has 0 fully saturated rings. The van der Waals surface area contributed by atoms with E-state index in [0.29, 0.717) is 12.5 Å². The minimum absolute atomic E-state index is 0.0806. The van der Waals surface area contributed by atoms with Gasteiger partial charge >= 0.3 is 0 Å². The Hall–Kier alpha value is -1.21. The van der Waals surface area contributed by atoms with Crippen molar-refractivity contribution in [2.75, 3.05) is 13.1 Å². The van der Waals surface area contributed by atoms with E-state index in [1.807, 2.05) is 13.8 Å². The van der Waals surface area contributed by atoms with Crippen molar-refractivity contribution in [3.05, 3.63) is 9.47 Å². The molecule has 0 aliphatic rings. The van der Waals surface area contributed by atoms with Crippen LogP contribution in [0.2, 0.25) is 4.47 Å². The Bertz CT molecular complexity index is 407. The highest BCUT2D eigenvalue weighted by Crippen LogP contribution is 2.14. The van der Waals surface area contributed by atoms with Crippen LogP contribution in [0.5, 0.6) is 0 Å². The first kappa shape index (κ1) is 13.9. The van der Waals surface area contributed by atoms with Crippen molar-refractivity contribution in [3.8, 4) is 0 Å². The first-order chi connectivity index (χ1) is 7.99. The highest BCUT2D eigenvalue weighted by molar-refractivity contribution is 7.17. The minimum Gasteiger partial charge on any atom is -0.354 e. The van der Waals surface area contributed by atoms with Crippen LogP contribution in [-0.4, -0.2) is 35.1 Å². The van der Waals surface area contributed by atoms with Crippen LogP contribution < -0.4 is 10.6 Å². The highest BCUT2D eigenvalue weighted by atomic mass is 35.5. The van der Waals surface area contributed by atoms with Crippen LogP contribution in [-0.2, 0) is 4.79 Å². The first-order valence-corrected chi connectivity index (χ1v) is 6.22. The van der Waals surface area contributed by atoms with E-state index in [9.17, 15) is 9.59 Å². The van der Waals surface area contributed by atoms with Gasteiger partial charge < -0.3 is 10.6 Å². The van der Waals surface area contributed by atoms with Gasteiger partial charge in [-0.25, -0.2) is 0 Å². The number of amides is 2. The van der Waals surface area contributed by atoms with Crippen molar-refractivity contribution in [2.24, 2.45) is 5.92 Å². The smallest absolute Gasteiger partial charge is 0.282 e. The Morgan fingerprint density at radius 3 is 2.59 bits per heavy atom. The van der Waals surface area contributed by atoms with Gasteiger partial charge in [0.05, 0.1) is 6.54 Å². The largest absolute Gasteiger partial charge is 0.354 e. The Kier molecular flexibility index (Phi) is 5.30. The summed E-state index contributed by atoms with van der Waals surface area (Å²) < 4.78 is 0.194. The predicted molar refractivity (Wildman–Crippen MR) is 65.1 cm³/mol. The number of halogens is 1. The Morgan fingerprint density at radius 2 is 2.06 bits per heavy atom. The molecule has 1 heterocycles. The van der Waals surface area contributed by atoms with E-state index in [4.69, 9.17) is 11.6 Å². The van der Waals surface area contributed by atoms with Crippen LogP contribution in [0.3, 0.4) is 0 Å². The summed E-state index contributed by atoms with van der Waals surface area (Å²) in [4.78, 5) is 22.8. The minimum atomic E-state index is -0.450. The van der Waals surface area contributed by atoms with E-state index in [1.54, 1.807) is 0 Å². The number of hydrogen-bond acceptors (Lipinski definition) is 5. The molecule has 1 aromatic heterocycles. The highest BCUT2D eigenvalue weighted by Gasteiger charge is 2.12. The Balaban J connectivity index is 2.31. The van der Waals surface area contributed by atoms with Crippen molar-refractivity contribution in [1.29, 1.82) is 0 Å². The number of carbonyl (C=O) groups excluding carboxylic acids is 2. The van der Waals surface area contributed by atoms with Crippen molar-refractivity contribution < 1.29 is 9.59 Å². The maximum Gasteiger partial charge on any atom is 0.282 e. The lowest BCUT2D eigenvalue weighted by Gasteiger charge is -2.07. The standard InChI is InChI=1S/C9H13ClN4O2S/c1-5(2)3-11-6(15)4-12-7(16)8-13-14-9(10)17-8/h5H,3-4H2,1-2H3,(H,11,15)(H,12,16). The molecule has 94 valence electrons. The average Bonchev–Trinajstić information content (AvgIpc) is 2.70. The first-order valence-electron chi connectivity index (χ1n) is 5.03. The second kappa shape index (κ2) is 6.51. The molecule has 0 bridgehead atoms. The van der Waals surface area contributed by atoms with E-state index >= 15 is 0 Å². The van der Waals surface area contributed by atoms with Crippen LogP contribution in [0, 0.1) is 5.92 Å². The van der Waals surface area contributed by atoms with Gasteiger partial charge in [-0.2, -0.15) is 0 Å². The van der Waals surface area contributed by atoms with Gasteiger partial charge in [0.1, 0.15) is 0 Å². The fraction of sp³-hybridized carbons (Fsp3) is 0.556. The molecule has 2 amide bonds. The van der Waals surface area contributed by atoms with E-state index in [0.717, 1.165) is 11.3 Å². The third kappa shape index (κ3) is 5.10. The fourth-order valence-electron chi connectivity index (χ4n) is 0.914. The Labute approximate surface area is 108 Å². The topological polar surface area (TPSA) is 84.0 Å². The van der Waals surface area contributed by atoms with E-state index in [1.165, 1.54) is 0 Å². The summed E-state index contributed by atoms with van der Waals surface area (Å²) in [6, 6.07) is 0. The summed E-state index contributed by atoms with van der Waals surface area (Å²) in [5.41, 5.74) is 0. The van der Waals surface area contributed by atoms with Crippen molar-refractivity contribution in [1.82, 2.24) is 20.8 Å². The normalized spacial score (nSPS) is 10.4. The van der Waals surface area contributed by atoms with Gasteiger partial charge in [-0.05, 0) is 17.5 Å². The zero-order valence-corrected chi connectivity index (χ0v) is 11.1. The number of aromatic nitrogens is 2. The SMILES string of the molecule is CC(C)CNC(=O)CNC(=O)c1nnc(Cl)s1. The number of hydrogen-bond donors (Lipinski definition) is 2. The van der Waals surface area contributed by atoms with Crippen LogP contribution in [0.4, 0.5) is 0 Å². The molecule has 8 heteroatoms. The molecule has 0 aliphatic carbocycles. The summed E-state index contributed by atoms with van der Waals surface area (Å²) in [6.45, 7) is 4.48. The quantitative estimate of drug-likeness (QED) is 0.829. The molecule has 1 aromatic rings. The van der Waals surface area contributed by atoms with Crippen LogP contribution in [0.25, 0.3) is 0 Å². The number of nitrogens with zero attached hydrogens (tertiary/aromatic N) is 2. The van der Waals surface area contributed by atoms with E-state index in [2.05, 4.69) is 20.8 Å². The molecule has 2 N–H and O–H groups in total. The third-order valence-corrected chi connectivity index (χ3v) is 2.73. The number of rotatable bonds is 5. The lowest BCUT2D eigenvalue weighted by molar-refractivity contribution is -0.120. The molecule has 17 heavy (non-hydrogen) atoms. The predicted octanol–water partition coefficient (Wildman–Crippen LogP) is 0.693. The maximum absolute atomic E-state index is 11.5.